The fourth-order valence-corrected chi connectivity index (χ4v) is 8.43. The summed E-state index contributed by atoms with van der Waals surface area (Å²) in [6, 6.07) is 22.1. The summed E-state index contributed by atoms with van der Waals surface area (Å²) in [5.41, 5.74) is 2.86. The number of nitrogens with one attached hydrogen (secondary N) is 3. The molecule has 0 bridgehead atoms. The molecule has 0 atom stereocenters. The van der Waals surface area contributed by atoms with Gasteiger partial charge in [-0.25, -0.2) is 9.97 Å². The zero-order valence-electron chi connectivity index (χ0n) is 22.9. The molecule has 11 heteroatoms. The average Bonchev–Trinajstić information content (AvgIpc) is 3.62. The van der Waals surface area contributed by atoms with Gasteiger partial charge in [-0.15, -0.1) is 5.10 Å². The fourth-order valence-electron chi connectivity index (χ4n) is 4.90. The highest BCUT2D eigenvalue weighted by atomic mass is 32.2. The third-order valence-corrected chi connectivity index (χ3v) is 10.8. The molecule has 5 rings (SSSR count). The zero-order valence-corrected chi connectivity index (χ0v) is 25.4. The quantitative estimate of drug-likeness (QED) is 0.0672. The van der Waals surface area contributed by atoms with Gasteiger partial charge in [-0.1, -0.05) is 84.6 Å². The van der Waals surface area contributed by atoms with Crippen LogP contribution in [0.4, 0.5) is 0 Å². The third kappa shape index (κ3) is 6.67. The van der Waals surface area contributed by atoms with Crippen LogP contribution < -0.4 is 10.6 Å². The number of rotatable bonds is 12. The molecule has 0 fully saturated rings. The molecule has 3 N–H and O–H groups in total. The van der Waals surface area contributed by atoms with E-state index in [4.69, 9.17) is 12.2 Å². The van der Waals surface area contributed by atoms with E-state index in [0.29, 0.717) is 31.9 Å². The summed E-state index contributed by atoms with van der Waals surface area (Å²) in [5.74, 6) is 2.37. The van der Waals surface area contributed by atoms with E-state index < -0.39 is 7.14 Å². The van der Waals surface area contributed by atoms with Crippen molar-refractivity contribution in [3.63, 3.8) is 0 Å². The maximum absolute atomic E-state index is 14.6. The van der Waals surface area contributed by atoms with E-state index >= 15 is 0 Å². The lowest BCUT2D eigenvalue weighted by Gasteiger charge is -2.21. The minimum atomic E-state index is -3.57. The number of aryl methyl sites for hydroxylation is 4. The predicted molar refractivity (Wildman–Crippen MR) is 166 cm³/mol. The average molecular weight is 603 g/mol. The largest absolute Gasteiger partial charge is 0.305 e. The van der Waals surface area contributed by atoms with Crippen molar-refractivity contribution in [3.8, 4) is 0 Å². The number of hydrogen-bond acceptors (Lipinski definition) is 7. The molecule has 2 heterocycles. The zero-order chi connectivity index (χ0) is 28.8. The van der Waals surface area contributed by atoms with Gasteiger partial charge in [-0.2, -0.15) is 0 Å². The molecule has 2 aromatic heterocycles. The molecule has 41 heavy (non-hydrogen) atoms. The summed E-state index contributed by atoms with van der Waals surface area (Å²) in [7, 11) is -3.57. The van der Waals surface area contributed by atoms with Crippen molar-refractivity contribution >= 4 is 47.3 Å². The number of benzene rings is 3. The number of thioether (sulfide) groups is 1. The van der Waals surface area contributed by atoms with Gasteiger partial charge in [0.1, 0.15) is 11.6 Å². The number of carbonyl (C=O) groups excluding carboxylic acids is 1. The summed E-state index contributed by atoms with van der Waals surface area (Å²) in [6.07, 6.45) is 3.55. The lowest BCUT2D eigenvalue weighted by Crippen LogP contribution is -2.23. The van der Waals surface area contributed by atoms with E-state index in [0.717, 1.165) is 54.0 Å². The normalized spacial score (nSPS) is 11.6. The summed E-state index contributed by atoms with van der Waals surface area (Å²) in [4.78, 5) is 22.9. The van der Waals surface area contributed by atoms with Gasteiger partial charge in [0.05, 0.1) is 0 Å². The molecule has 0 saturated carbocycles. The van der Waals surface area contributed by atoms with Crippen LogP contribution in [0.1, 0.15) is 51.5 Å². The second-order valence-electron chi connectivity index (χ2n) is 9.86. The number of carbonyl (C=O) groups is 1. The van der Waals surface area contributed by atoms with Gasteiger partial charge in [0.2, 0.25) is 22.6 Å². The summed E-state index contributed by atoms with van der Waals surface area (Å²) in [6.45, 7) is 3.83. The maximum atomic E-state index is 14.6. The van der Waals surface area contributed by atoms with Crippen molar-refractivity contribution in [2.75, 3.05) is 0 Å². The van der Waals surface area contributed by atoms with Crippen molar-refractivity contribution in [3.05, 3.63) is 111 Å². The Kier molecular flexibility index (Phi) is 9.12. The molecule has 0 amide bonds. The molecule has 0 aliphatic rings. The van der Waals surface area contributed by atoms with Crippen molar-refractivity contribution in [2.45, 2.75) is 50.4 Å². The van der Waals surface area contributed by atoms with Crippen LogP contribution in [-0.4, -0.2) is 35.9 Å². The van der Waals surface area contributed by atoms with E-state index in [2.05, 4.69) is 30.4 Å². The van der Waals surface area contributed by atoms with Gasteiger partial charge in [-0.05, 0) is 55.6 Å². The van der Waals surface area contributed by atoms with E-state index in [-0.39, 0.29) is 5.52 Å². The lowest BCUT2D eigenvalue weighted by atomic mass is 10.0. The van der Waals surface area contributed by atoms with Gasteiger partial charge >= 0.3 is 0 Å². The van der Waals surface area contributed by atoms with E-state index in [1.165, 1.54) is 0 Å². The molecule has 210 valence electrons. The molecule has 8 nitrogen and oxygen atoms in total. The van der Waals surface area contributed by atoms with Gasteiger partial charge in [0.25, 0.3) is 0 Å². The molecule has 0 aliphatic carbocycles. The number of nitrogens with zero attached hydrogens (tertiary/aromatic N) is 3. The van der Waals surface area contributed by atoms with Crippen molar-refractivity contribution in [1.29, 1.82) is 0 Å². The molecular weight excluding hydrogens is 571 g/mol. The highest BCUT2D eigenvalue weighted by Crippen LogP contribution is 2.48. The Balaban J connectivity index is 1.26. The smallest absolute Gasteiger partial charge is 0.230 e. The highest BCUT2D eigenvalue weighted by molar-refractivity contribution is 7.98. The number of hydrogen-bond donors (Lipinski definition) is 3. The highest BCUT2D eigenvalue weighted by Gasteiger charge is 2.37. The van der Waals surface area contributed by atoms with Crippen LogP contribution in [0.2, 0.25) is 0 Å². The molecule has 0 aliphatic heterocycles. The summed E-state index contributed by atoms with van der Waals surface area (Å²) < 4.78 is 15.1. The van der Waals surface area contributed by atoms with Crippen LogP contribution in [0.15, 0.2) is 78.0 Å². The molecule has 0 spiro atoms. The minimum absolute atomic E-state index is 0.336. The van der Waals surface area contributed by atoms with Crippen LogP contribution in [0.3, 0.4) is 0 Å². The van der Waals surface area contributed by atoms with Gasteiger partial charge < -0.3 is 4.57 Å². The second-order valence-corrected chi connectivity index (χ2v) is 13.9. The number of aromatic nitrogens is 6. The Morgan fingerprint density at radius 3 is 2.00 bits per heavy atom. The third-order valence-electron chi connectivity index (χ3n) is 6.84. The first-order valence-electron chi connectivity index (χ1n) is 13.4. The molecule has 0 radical (unpaired) electrons. The molecule has 0 saturated heterocycles. The van der Waals surface area contributed by atoms with Crippen molar-refractivity contribution in [1.82, 2.24) is 30.4 Å². The Bertz CT molecular complexity index is 1680. The number of H-pyrrole nitrogens is 3. The van der Waals surface area contributed by atoms with Gasteiger partial charge in [-0.3, -0.25) is 20.1 Å². The molecule has 3 aromatic carbocycles. The van der Waals surface area contributed by atoms with E-state index in [1.807, 2.05) is 62.4 Å². The van der Waals surface area contributed by atoms with Gasteiger partial charge in [0.15, 0.2) is 0 Å². The van der Waals surface area contributed by atoms with Crippen LogP contribution in [0.5, 0.6) is 0 Å². The van der Waals surface area contributed by atoms with Crippen molar-refractivity contribution in [2.24, 2.45) is 0 Å². The van der Waals surface area contributed by atoms with E-state index in [9.17, 15) is 9.36 Å². The van der Waals surface area contributed by atoms with Crippen LogP contribution >= 0.6 is 31.1 Å². The summed E-state index contributed by atoms with van der Waals surface area (Å²) >= 11 is 6.52. The van der Waals surface area contributed by atoms with Crippen molar-refractivity contribution < 1.29 is 9.36 Å². The van der Waals surface area contributed by atoms with Crippen LogP contribution in [0, 0.1) is 18.6 Å². The Morgan fingerprint density at radius 2 is 1.44 bits per heavy atom. The second kappa shape index (κ2) is 12.9. The van der Waals surface area contributed by atoms with Gasteiger partial charge in [0, 0.05) is 34.8 Å². The number of aromatic amines is 3. The fraction of sp³-hybridized carbons (Fsp3) is 0.233. The Labute approximate surface area is 248 Å². The maximum Gasteiger partial charge on any atom is 0.230 e. The first-order chi connectivity index (χ1) is 19.8. The Hall–Kier alpha value is -3.59. The number of unbranched alkanes of at least 4 members (excludes halogenated alkanes) is 1. The Morgan fingerprint density at radius 1 is 0.854 bits per heavy atom. The molecule has 0 unspecified atom stereocenters. The summed E-state index contributed by atoms with van der Waals surface area (Å²) in [5, 5.41) is 14.9. The minimum Gasteiger partial charge on any atom is -0.305 e. The van der Waals surface area contributed by atoms with Crippen LogP contribution in [0.25, 0.3) is 0 Å². The van der Waals surface area contributed by atoms with E-state index in [1.54, 1.807) is 36.0 Å². The molecular formula is C30H31N6O2PS2. The first-order valence-corrected chi connectivity index (χ1v) is 16.5. The monoisotopic (exact) mass is 602 g/mol. The predicted octanol–water partition coefficient (Wildman–Crippen LogP) is 6.21. The molecule has 5 aromatic rings. The lowest BCUT2D eigenvalue weighted by molar-refractivity contribution is 0.107. The van der Waals surface area contributed by atoms with Crippen LogP contribution in [-0.2, 0) is 23.2 Å². The SMILES string of the molecule is Cc1cc(CSc2n[nH]c(CCCCc3nc(=S)[nH][nH]3)n2)cc(C)c1C(=O)P(=O)(c1ccccc1)c1ccccc1. The topological polar surface area (TPSA) is 120 Å². The first kappa shape index (κ1) is 28.9. The standard InChI is InChI=1S/C30H31N6O2PS2/c1-20-17-22(19-41-30-32-26(34-36-30)16-10-9-15-25-31-29(40)35-33-25)18-21(2)27(20)28(37)39(38,23-11-5-3-6-12-23)24-13-7-4-8-14-24/h3-8,11-14,17-18H,9-10,15-16,19H2,1-2H3,(H,32,34,36)(H2,31,33,35,40).